The third-order valence-electron chi connectivity index (χ3n) is 5.67. The number of hydrogen-bond donors (Lipinski definition) is 2. The van der Waals surface area contributed by atoms with Crippen LogP contribution in [0.5, 0.6) is 0 Å². The van der Waals surface area contributed by atoms with E-state index in [1.54, 1.807) is 6.20 Å². The summed E-state index contributed by atoms with van der Waals surface area (Å²) < 4.78 is 0. The normalized spacial score (nSPS) is 21.8. The second-order valence-corrected chi connectivity index (χ2v) is 8.34. The molecule has 24 heavy (non-hydrogen) atoms. The molecule has 2 rings (SSSR count). The molecule has 1 aromatic heterocycles. The van der Waals surface area contributed by atoms with Gasteiger partial charge in [-0.15, -0.1) is 0 Å². The first kappa shape index (κ1) is 18.7. The molecular weight excluding hydrogens is 300 g/mol. The maximum absolute atomic E-state index is 11.7. The van der Waals surface area contributed by atoms with Gasteiger partial charge in [-0.2, -0.15) is 0 Å². The molecule has 1 aliphatic rings. The van der Waals surface area contributed by atoms with Crippen LogP contribution < -0.4 is 11.1 Å². The topological polar surface area (TPSA) is 80.9 Å². The Hall–Kier alpha value is -1.65. The fraction of sp³-hybridized carbons (Fsp3) is 0.737. The molecule has 134 valence electrons. The van der Waals surface area contributed by atoms with Gasteiger partial charge in [-0.05, 0) is 49.4 Å². The van der Waals surface area contributed by atoms with E-state index >= 15 is 0 Å². The second kappa shape index (κ2) is 7.49. The van der Waals surface area contributed by atoms with E-state index in [4.69, 9.17) is 5.73 Å². The molecule has 5 nitrogen and oxygen atoms in total. The van der Waals surface area contributed by atoms with Gasteiger partial charge < -0.3 is 11.1 Å². The third kappa shape index (κ3) is 4.68. The monoisotopic (exact) mass is 332 g/mol. The lowest BCUT2D eigenvalue weighted by Gasteiger charge is -2.30. The van der Waals surface area contributed by atoms with Crippen LogP contribution in [0, 0.1) is 17.3 Å². The summed E-state index contributed by atoms with van der Waals surface area (Å²) in [5, 5.41) is 3.45. The van der Waals surface area contributed by atoms with Gasteiger partial charge in [0, 0.05) is 12.2 Å². The quantitative estimate of drug-likeness (QED) is 0.830. The summed E-state index contributed by atoms with van der Waals surface area (Å²) >= 11 is 0. The predicted molar refractivity (Wildman–Crippen MR) is 97.9 cm³/mol. The molecule has 3 N–H and O–H groups in total. The molecule has 5 heteroatoms. The Morgan fingerprint density at radius 1 is 1.33 bits per heavy atom. The van der Waals surface area contributed by atoms with Crippen molar-refractivity contribution in [1.82, 2.24) is 9.97 Å². The van der Waals surface area contributed by atoms with Gasteiger partial charge in [-0.25, -0.2) is 9.97 Å². The minimum atomic E-state index is -0.456. The van der Waals surface area contributed by atoms with Crippen molar-refractivity contribution in [3.05, 3.63) is 17.5 Å². The minimum absolute atomic E-state index is 0.0378. The molecule has 1 heterocycles. The largest absolute Gasteiger partial charge is 0.365 e. The van der Waals surface area contributed by atoms with Crippen LogP contribution in [-0.4, -0.2) is 21.9 Å². The van der Waals surface area contributed by atoms with Gasteiger partial charge in [-0.1, -0.05) is 34.6 Å². The average Bonchev–Trinajstić information content (AvgIpc) is 2.49. The first-order chi connectivity index (χ1) is 11.2. The zero-order chi connectivity index (χ0) is 17.9. The highest BCUT2D eigenvalue weighted by Gasteiger charge is 2.27. The summed E-state index contributed by atoms with van der Waals surface area (Å²) in [7, 11) is 0. The number of amides is 1. The lowest BCUT2D eigenvalue weighted by molar-refractivity contribution is 0.0997. The van der Waals surface area contributed by atoms with Gasteiger partial charge >= 0.3 is 0 Å². The molecule has 0 aliphatic heterocycles. The highest BCUT2D eigenvalue weighted by molar-refractivity contribution is 5.93. The van der Waals surface area contributed by atoms with Crippen LogP contribution in [0.4, 0.5) is 5.95 Å². The van der Waals surface area contributed by atoms with E-state index < -0.39 is 5.91 Å². The van der Waals surface area contributed by atoms with Gasteiger partial charge in [0.2, 0.25) is 5.95 Å². The van der Waals surface area contributed by atoms with Crippen LogP contribution in [0.1, 0.15) is 76.4 Å². The number of rotatable bonds is 6. The number of carbonyl (C=O) groups is 1. The Morgan fingerprint density at radius 2 is 1.96 bits per heavy atom. The van der Waals surface area contributed by atoms with Crippen LogP contribution in [0.15, 0.2) is 6.20 Å². The Balaban J connectivity index is 2.19. The van der Waals surface area contributed by atoms with Crippen LogP contribution in [0.2, 0.25) is 0 Å². The number of nitrogens with two attached hydrogens (primary N) is 1. The van der Waals surface area contributed by atoms with E-state index in [0.717, 1.165) is 24.5 Å². The Morgan fingerprint density at radius 3 is 2.50 bits per heavy atom. The average molecular weight is 332 g/mol. The van der Waals surface area contributed by atoms with Gasteiger partial charge in [0.15, 0.2) is 0 Å². The molecule has 0 bridgehead atoms. The molecule has 0 spiro atoms. The van der Waals surface area contributed by atoms with Crippen LogP contribution in [0.3, 0.4) is 0 Å². The number of hydrogen-bond acceptors (Lipinski definition) is 4. The zero-order valence-electron chi connectivity index (χ0n) is 15.7. The number of anilines is 1. The molecule has 0 aromatic carbocycles. The van der Waals surface area contributed by atoms with Gasteiger partial charge in [0.05, 0.1) is 11.3 Å². The van der Waals surface area contributed by atoms with Crippen molar-refractivity contribution in [2.75, 3.05) is 5.32 Å². The van der Waals surface area contributed by atoms with Crippen molar-refractivity contribution >= 4 is 11.9 Å². The summed E-state index contributed by atoms with van der Waals surface area (Å²) in [4.78, 5) is 20.7. The first-order valence-corrected chi connectivity index (χ1v) is 9.11. The smallest absolute Gasteiger partial charge is 0.252 e. The molecule has 0 unspecified atom stereocenters. The van der Waals surface area contributed by atoms with Crippen molar-refractivity contribution in [3.8, 4) is 0 Å². The predicted octanol–water partition coefficient (Wildman–Crippen LogP) is 3.79. The number of aromatic nitrogens is 2. The van der Waals surface area contributed by atoms with Crippen molar-refractivity contribution in [2.45, 2.75) is 72.8 Å². The molecule has 1 amide bonds. The number of nitrogens with zero attached hydrogens (tertiary/aromatic N) is 2. The van der Waals surface area contributed by atoms with E-state index in [1.807, 2.05) is 0 Å². The van der Waals surface area contributed by atoms with E-state index in [-0.39, 0.29) is 5.41 Å². The molecule has 0 radical (unpaired) electrons. The molecule has 0 atom stereocenters. The van der Waals surface area contributed by atoms with Crippen LogP contribution in [0.25, 0.3) is 0 Å². The molecule has 1 aliphatic carbocycles. The molecule has 1 saturated carbocycles. The third-order valence-corrected chi connectivity index (χ3v) is 5.67. The Bertz CT molecular complexity index is 575. The summed E-state index contributed by atoms with van der Waals surface area (Å²) in [5.41, 5.74) is 6.75. The van der Waals surface area contributed by atoms with Gasteiger partial charge in [-0.3, -0.25) is 4.79 Å². The van der Waals surface area contributed by atoms with Crippen molar-refractivity contribution in [2.24, 2.45) is 23.0 Å². The van der Waals surface area contributed by atoms with Crippen LogP contribution in [-0.2, 0) is 6.42 Å². The fourth-order valence-corrected chi connectivity index (χ4v) is 3.05. The summed E-state index contributed by atoms with van der Waals surface area (Å²) in [6.45, 7) is 11.1. The maximum atomic E-state index is 11.7. The standard InChI is InChI=1S/C19H32N4O/c1-12(2)19(4,5)10-16-15(17(20)24)11-21-18(23-16)22-14-8-6-13(3)7-9-14/h11-14H,6-10H2,1-5H3,(H2,20,24)(H,21,22,23). The molecular formula is C19H32N4O. The Kier molecular flexibility index (Phi) is 5.83. The minimum Gasteiger partial charge on any atom is -0.365 e. The van der Waals surface area contributed by atoms with E-state index in [0.29, 0.717) is 29.9 Å². The fourth-order valence-electron chi connectivity index (χ4n) is 3.05. The van der Waals surface area contributed by atoms with E-state index in [2.05, 4.69) is 49.9 Å². The van der Waals surface area contributed by atoms with Crippen LogP contribution >= 0.6 is 0 Å². The number of carbonyl (C=O) groups excluding carboxylic acids is 1. The second-order valence-electron chi connectivity index (χ2n) is 8.34. The lowest BCUT2D eigenvalue weighted by Crippen LogP contribution is -2.28. The SMILES string of the molecule is CC1CCC(Nc2ncc(C(N)=O)c(CC(C)(C)C(C)C)n2)CC1. The van der Waals surface area contributed by atoms with Crippen molar-refractivity contribution in [3.63, 3.8) is 0 Å². The first-order valence-electron chi connectivity index (χ1n) is 9.11. The molecule has 1 fully saturated rings. The van der Waals surface area contributed by atoms with Crippen molar-refractivity contribution < 1.29 is 4.79 Å². The van der Waals surface area contributed by atoms with E-state index in [9.17, 15) is 4.79 Å². The molecule has 0 saturated heterocycles. The van der Waals surface area contributed by atoms with Crippen molar-refractivity contribution in [1.29, 1.82) is 0 Å². The lowest BCUT2D eigenvalue weighted by atomic mass is 9.77. The maximum Gasteiger partial charge on any atom is 0.252 e. The number of primary amides is 1. The summed E-state index contributed by atoms with van der Waals surface area (Å²) in [5.74, 6) is 1.45. The van der Waals surface area contributed by atoms with Gasteiger partial charge in [0.25, 0.3) is 5.91 Å². The van der Waals surface area contributed by atoms with E-state index in [1.165, 1.54) is 12.8 Å². The summed E-state index contributed by atoms with van der Waals surface area (Å²) in [6, 6.07) is 0.423. The summed E-state index contributed by atoms with van der Waals surface area (Å²) in [6.07, 6.45) is 7.06. The highest BCUT2D eigenvalue weighted by Crippen LogP contribution is 2.31. The highest BCUT2D eigenvalue weighted by atomic mass is 16.1. The zero-order valence-corrected chi connectivity index (χ0v) is 15.7. The molecule has 1 aromatic rings. The van der Waals surface area contributed by atoms with Gasteiger partial charge in [0.1, 0.15) is 0 Å². The Labute approximate surface area is 145 Å². The number of nitrogens with one attached hydrogen (secondary N) is 1.